The lowest BCUT2D eigenvalue weighted by molar-refractivity contribution is -0.142. The summed E-state index contributed by atoms with van der Waals surface area (Å²) in [4.78, 5) is 36.0. The van der Waals surface area contributed by atoms with E-state index in [1.807, 2.05) is 13.8 Å². The van der Waals surface area contributed by atoms with Gasteiger partial charge in [-0.1, -0.05) is 6.92 Å². The van der Waals surface area contributed by atoms with Crippen LogP contribution in [0, 0.1) is 0 Å². The van der Waals surface area contributed by atoms with Crippen molar-refractivity contribution >= 4 is 29.7 Å². The second kappa shape index (κ2) is 7.98. The SMILES string of the molecule is CCSCC(C)NC(=O)N1CCNC(=O)C1CC(=O)O. The molecule has 114 valence electrons. The van der Waals surface area contributed by atoms with Crippen molar-refractivity contribution < 1.29 is 19.5 Å². The van der Waals surface area contributed by atoms with Crippen LogP contribution in [0.15, 0.2) is 0 Å². The van der Waals surface area contributed by atoms with Crippen molar-refractivity contribution in [1.29, 1.82) is 0 Å². The molecule has 3 amide bonds. The normalized spacial score (nSPS) is 20.2. The van der Waals surface area contributed by atoms with E-state index < -0.39 is 17.9 Å². The molecule has 0 radical (unpaired) electrons. The molecule has 1 aliphatic rings. The molecule has 0 aromatic carbocycles. The summed E-state index contributed by atoms with van der Waals surface area (Å²) in [5, 5.41) is 14.2. The molecule has 1 saturated heterocycles. The molecular weight excluding hydrogens is 282 g/mol. The van der Waals surface area contributed by atoms with Crippen LogP contribution >= 0.6 is 11.8 Å². The molecule has 0 aromatic rings. The molecule has 0 aliphatic carbocycles. The molecule has 1 aliphatic heterocycles. The Balaban J connectivity index is 2.62. The van der Waals surface area contributed by atoms with Crippen LogP contribution in [0.1, 0.15) is 20.3 Å². The molecule has 0 aromatic heterocycles. The molecule has 0 saturated carbocycles. The minimum absolute atomic E-state index is 0.0251. The minimum atomic E-state index is -1.10. The fourth-order valence-electron chi connectivity index (χ4n) is 1.96. The number of aliphatic carboxylic acids is 1. The summed E-state index contributed by atoms with van der Waals surface area (Å²) in [5.74, 6) is 0.239. The van der Waals surface area contributed by atoms with Gasteiger partial charge in [0.25, 0.3) is 0 Å². The number of piperazine rings is 1. The zero-order chi connectivity index (χ0) is 15.1. The van der Waals surface area contributed by atoms with Crippen LogP contribution in [0.2, 0.25) is 0 Å². The fraction of sp³-hybridized carbons (Fsp3) is 0.750. The number of urea groups is 1. The van der Waals surface area contributed by atoms with Crippen LogP contribution in [-0.2, 0) is 9.59 Å². The topological polar surface area (TPSA) is 98.7 Å². The van der Waals surface area contributed by atoms with E-state index in [2.05, 4.69) is 10.6 Å². The highest BCUT2D eigenvalue weighted by molar-refractivity contribution is 7.99. The average molecular weight is 303 g/mol. The molecule has 2 unspecified atom stereocenters. The lowest BCUT2D eigenvalue weighted by Crippen LogP contribution is -2.60. The number of carbonyl (C=O) groups excluding carboxylic acids is 2. The Morgan fingerprint density at radius 1 is 1.60 bits per heavy atom. The lowest BCUT2D eigenvalue weighted by Gasteiger charge is -2.35. The van der Waals surface area contributed by atoms with E-state index in [1.165, 1.54) is 4.90 Å². The summed E-state index contributed by atoms with van der Waals surface area (Å²) < 4.78 is 0. The molecular formula is C12H21N3O4S. The number of thioether (sulfide) groups is 1. The maximum atomic E-state index is 12.1. The predicted molar refractivity (Wildman–Crippen MR) is 76.7 cm³/mol. The van der Waals surface area contributed by atoms with Gasteiger partial charge in [-0.25, -0.2) is 4.79 Å². The number of amides is 3. The number of carbonyl (C=O) groups is 3. The van der Waals surface area contributed by atoms with Gasteiger partial charge in [-0.2, -0.15) is 11.8 Å². The fourth-order valence-corrected chi connectivity index (χ4v) is 2.63. The Bertz CT molecular complexity index is 378. The Kier molecular flexibility index (Phi) is 6.63. The van der Waals surface area contributed by atoms with Crippen molar-refractivity contribution in [2.75, 3.05) is 24.6 Å². The summed E-state index contributed by atoms with van der Waals surface area (Å²) in [6.07, 6.45) is -0.378. The van der Waals surface area contributed by atoms with E-state index in [0.717, 1.165) is 11.5 Å². The third-order valence-electron chi connectivity index (χ3n) is 2.90. The van der Waals surface area contributed by atoms with Crippen LogP contribution in [0.4, 0.5) is 4.79 Å². The average Bonchev–Trinajstić information content (AvgIpc) is 2.38. The molecule has 1 fully saturated rings. The summed E-state index contributed by atoms with van der Waals surface area (Å²) in [7, 11) is 0. The van der Waals surface area contributed by atoms with Gasteiger partial charge in [-0.05, 0) is 12.7 Å². The zero-order valence-electron chi connectivity index (χ0n) is 11.7. The van der Waals surface area contributed by atoms with Gasteiger partial charge in [-0.3, -0.25) is 9.59 Å². The second-order valence-corrected chi connectivity index (χ2v) is 5.93. The zero-order valence-corrected chi connectivity index (χ0v) is 12.5. The quantitative estimate of drug-likeness (QED) is 0.647. The van der Waals surface area contributed by atoms with Crippen molar-refractivity contribution in [2.45, 2.75) is 32.4 Å². The largest absolute Gasteiger partial charge is 0.481 e. The number of carboxylic acids is 1. The molecule has 20 heavy (non-hydrogen) atoms. The molecule has 1 heterocycles. The highest BCUT2D eigenvalue weighted by Gasteiger charge is 2.34. The Morgan fingerprint density at radius 2 is 2.30 bits per heavy atom. The molecule has 0 spiro atoms. The van der Waals surface area contributed by atoms with E-state index in [1.54, 1.807) is 11.8 Å². The maximum absolute atomic E-state index is 12.1. The van der Waals surface area contributed by atoms with Crippen LogP contribution in [0.3, 0.4) is 0 Å². The van der Waals surface area contributed by atoms with Gasteiger partial charge >= 0.3 is 12.0 Å². The minimum Gasteiger partial charge on any atom is -0.481 e. The first kappa shape index (κ1) is 16.6. The van der Waals surface area contributed by atoms with Gasteiger partial charge < -0.3 is 20.6 Å². The summed E-state index contributed by atoms with van der Waals surface area (Å²) in [6, 6.07) is -1.34. The van der Waals surface area contributed by atoms with Crippen molar-refractivity contribution in [1.82, 2.24) is 15.5 Å². The van der Waals surface area contributed by atoms with E-state index in [-0.39, 0.29) is 18.5 Å². The summed E-state index contributed by atoms with van der Waals surface area (Å²) in [5.41, 5.74) is 0. The monoisotopic (exact) mass is 303 g/mol. The van der Waals surface area contributed by atoms with Gasteiger partial charge in [0.1, 0.15) is 6.04 Å². The third kappa shape index (κ3) is 4.92. The molecule has 0 bridgehead atoms. The number of rotatable bonds is 6. The van der Waals surface area contributed by atoms with Crippen molar-refractivity contribution in [3.63, 3.8) is 0 Å². The predicted octanol–water partition coefficient (Wildman–Crippen LogP) is 0.113. The maximum Gasteiger partial charge on any atom is 0.318 e. The number of nitrogens with zero attached hydrogens (tertiary/aromatic N) is 1. The summed E-state index contributed by atoms with van der Waals surface area (Å²) >= 11 is 1.71. The number of hydrogen-bond donors (Lipinski definition) is 3. The number of hydrogen-bond acceptors (Lipinski definition) is 4. The first-order valence-corrected chi connectivity index (χ1v) is 7.75. The van der Waals surface area contributed by atoms with Crippen molar-refractivity contribution in [2.24, 2.45) is 0 Å². The van der Waals surface area contributed by atoms with E-state index in [4.69, 9.17) is 5.11 Å². The molecule has 1 rings (SSSR count). The van der Waals surface area contributed by atoms with Gasteiger partial charge in [0.2, 0.25) is 5.91 Å². The van der Waals surface area contributed by atoms with Crippen molar-refractivity contribution in [3.05, 3.63) is 0 Å². The Hall–Kier alpha value is -1.44. The second-order valence-electron chi connectivity index (χ2n) is 4.61. The van der Waals surface area contributed by atoms with Crippen LogP contribution in [-0.4, -0.2) is 64.6 Å². The first-order chi connectivity index (χ1) is 9.45. The molecule has 8 heteroatoms. The van der Waals surface area contributed by atoms with Gasteiger partial charge in [0.05, 0.1) is 6.42 Å². The standard InChI is InChI=1S/C12H21N3O4S/c1-3-20-7-8(2)14-12(19)15-5-4-13-11(18)9(15)6-10(16)17/h8-9H,3-7H2,1-2H3,(H,13,18)(H,14,19)(H,16,17). The summed E-state index contributed by atoms with van der Waals surface area (Å²) in [6.45, 7) is 4.59. The third-order valence-corrected chi connectivity index (χ3v) is 4.05. The molecule has 3 N–H and O–H groups in total. The highest BCUT2D eigenvalue weighted by Crippen LogP contribution is 2.10. The first-order valence-electron chi connectivity index (χ1n) is 6.60. The highest BCUT2D eigenvalue weighted by atomic mass is 32.2. The number of carboxylic acid groups (broad SMARTS) is 1. The molecule has 2 atom stereocenters. The number of nitrogens with one attached hydrogen (secondary N) is 2. The van der Waals surface area contributed by atoms with E-state index in [0.29, 0.717) is 13.1 Å². The van der Waals surface area contributed by atoms with Crippen LogP contribution in [0.25, 0.3) is 0 Å². The van der Waals surface area contributed by atoms with Crippen molar-refractivity contribution in [3.8, 4) is 0 Å². The van der Waals surface area contributed by atoms with E-state index >= 15 is 0 Å². The lowest BCUT2D eigenvalue weighted by atomic mass is 10.1. The Labute approximate surface area is 122 Å². The van der Waals surface area contributed by atoms with Crippen LogP contribution in [0.5, 0.6) is 0 Å². The van der Waals surface area contributed by atoms with Gasteiger partial charge in [-0.15, -0.1) is 0 Å². The smallest absolute Gasteiger partial charge is 0.318 e. The van der Waals surface area contributed by atoms with Gasteiger partial charge in [0.15, 0.2) is 0 Å². The van der Waals surface area contributed by atoms with Gasteiger partial charge in [0, 0.05) is 24.9 Å². The van der Waals surface area contributed by atoms with E-state index in [9.17, 15) is 14.4 Å². The Morgan fingerprint density at radius 3 is 2.90 bits per heavy atom. The van der Waals surface area contributed by atoms with Crippen LogP contribution < -0.4 is 10.6 Å². The molecule has 7 nitrogen and oxygen atoms in total.